The number of nitrogens with zero attached hydrogens (tertiary/aromatic N) is 2. The van der Waals surface area contributed by atoms with E-state index in [1.54, 1.807) is 11.6 Å². The average Bonchev–Trinajstić information content (AvgIpc) is 3.54. The Balaban J connectivity index is 1.66. The second kappa shape index (κ2) is 7.47. The summed E-state index contributed by atoms with van der Waals surface area (Å²) in [5.74, 6) is 0.546. The number of rotatable bonds is 5. The van der Waals surface area contributed by atoms with Gasteiger partial charge in [-0.25, -0.2) is 0 Å². The molecule has 0 N–H and O–H groups in total. The minimum Gasteiger partial charge on any atom is -0.371 e. The number of hydrogen-bond acceptors (Lipinski definition) is 3. The first kappa shape index (κ1) is 18.2. The number of carbonyl (C=O) groups excluding carboxylic acids is 1. The summed E-state index contributed by atoms with van der Waals surface area (Å²) in [5.41, 5.74) is 1.16. The van der Waals surface area contributed by atoms with Crippen LogP contribution in [0.5, 0.6) is 0 Å². The number of unbranched alkanes of at least 4 members (excludes halogenated alkanes) is 1. The zero-order chi connectivity index (χ0) is 19.0. The number of hydrogen-bond donors (Lipinski definition) is 0. The SMILES string of the molecule is CCCC[C@@H]1CN(C(=O)c2cc(=O)n(C)c3ccccc23)C[C@H](C2CC2)O1. The van der Waals surface area contributed by atoms with E-state index in [0.717, 1.165) is 30.2 Å². The molecule has 0 unspecified atom stereocenters. The number of carbonyl (C=O) groups is 1. The van der Waals surface area contributed by atoms with Gasteiger partial charge < -0.3 is 14.2 Å². The van der Waals surface area contributed by atoms with Crippen LogP contribution in [0.25, 0.3) is 10.9 Å². The summed E-state index contributed by atoms with van der Waals surface area (Å²) >= 11 is 0. The first-order valence-corrected chi connectivity index (χ1v) is 10.1. The molecule has 2 fully saturated rings. The molecular formula is C22H28N2O3. The van der Waals surface area contributed by atoms with Crippen molar-refractivity contribution in [3.63, 3.8) is 0 Å². The Kier molecular flexibility index (Phi) is 5.04. The highest BCUT2D eigenvalue weighted by atomic mass is 16.5. The molecule has 1 aromatic heterocycles. The molecule has 2 heterocycles. The van der Waals surface area contributed by atoms with Gasteiger partial charge >= 0.3 is 0 Å². The van der Waals surface area contributed by atoms with Crippen LogP contribution in [0.15, 0.2) is 35.1 Å². The third-order valence-corrected chi connectivity index (χ3v) is 5.89. The summed E-state index contributed by atoms with van der Waals surface area (Å²) in [4.78, 5) is 27.7. The molecule has 0 radical (unpaired) electrons. The number of aryl methyl sites for hydroxylation is 1. The Morgan fingerprint density at radius 1 is 1.22 bits per heavy atom. The molecule has 1 aliphatic carbocycles. The maximum Gasteiger partial charge on any atom is 0.254 e. The summed E-state index contributed by atoms with van der Waals surface area (Å²) in [6.45, 7) is 3.43. The molecular weight excluding hydrogens is 340 g/mol. The van der Waals surface area contributed by atoms with Crippen molar-refractivity contribution in [3.05, 3.63) is 46.2 Å². The van der Waals surface area contributed by atoms with Crippen molar-refractivity contribution in [2.45, 2.75) is 51.2 Å². The molecule has 2 aromatic rings. The van der Waals surface area contributed by atoms with E-state index in [4.69, 9.17) is 4.74 Å². The van der Waals surface area contributed by atoms with Crippen LogP contribution in [-0.2, 0) is 11.8 Å². The monoisotopic (exact) mass is 368 g/mol. The van der Waals surface area contributed by atoms with Crippen LogP contribution >= 0.6 is 0 Å². The molecule has 4 rings (SSSR count). The normalized spacial score (nSPS) is 23.0. The highest BCUT2D eigenvalue weighted by molar-refractivity contribution is 6.06. The van der Waals surface area contributed by atoms with Crippen LogP contribution in [0.4, 0.5) is 0 Å². The van der Waals surface area contributed by atoms with E-state index in [1.165, 1.54) is 18.9 Å². The number of amides is 1. The second-order valence-electron chi connectivity index (χ2n) is 7.96. The molecule has 1 aliphatic heterocycles. The lowest BCUT2D eigenvalue weighted by atomic mass is 10.0. The summed E-state index contributed by atoms with van der Waals surface area (Å²) in [5, 5.41) is 0.837. The van der Waals surface area contributed by atoms with Gasteiger partial charge in [-0.05, 0) is 31.2 Å². The number of aromatic nitrogens is 1. The molecule has 1 aromatic carbocycles. The van der Waals surface area contributed by atoms with Crippen LogP contribution in [-0.4, -0.2) is 40.7 Å². The first-order valence-electron chi connectivity index (χ1n) is 10.1. The highest BCUT2D eigenvalue weighted by Gasteiger charge is 2.39. The summed E-state index contributed by atoms with van der Waals surface area (Å²) in [7, 11) is 1.75. The van der Waals surface area contributed by atoms with E-state index in [2.05, 4.69) is 6.92 Å². The van der Waals surface area contributed by atoms with E-state index in [-0.39, 0.29) is 23.7 Å². The molecule has 27 heavy (non-hydrogen) atoms. The predicted octanol–water partition coefficient (Wildman–Crippen LogP) is 3.35. The van der Waals surface area contributed by atoms with Crippen molar-refractivity contribution in [2.24, 2.45) is 13.0 Å². The minimum atomic E-state index is -0.147. The number of para-hydroxylation sites is 1. The molecule has 5 nitrogen and oxygen atoms in total. The summed E-state index contributed by atoms with van der Waals surface area (Å²) in [6, 6.07) is 9.13. The van der Waals surface area contributed by atoms with Crippen molar-refractivity contribution < 1.29 is 9.53 Å². The molecule has 1 amide bonds. The zero-order valence-corrected chi connectivity index (χ0v) is 16.2. The Labute approximate surface area is 159 Å². The van der Waals surface area contributed by atoms with E-state index in [0.29, 0.717) is 24.6 Å². The van der Waals surface area contributed by atoms with Gasteiger partial charge in [0.05, 0.1) is 23.3 Å². The molecule has 5 heteroatoms. The van der Waals surface area contributed by atoms with Crippen molar-refractivity contribution in [2.75, 3.05) is 13.1 Å². The first-order chi connectivity index (χ1) is 13.1. The molecule has 1 saturated heterocycles. The van der Waals surface area contributed by atoms with Gasteiger partial charge in [0.1, 0.15) is 0 Å². The van der Waals surface area contributed by atoms with Crippen molar-refractivity contribution in [1.29, 1.82) is 0 Å². The Morgan fingerprint density at radius 3 is 2.74 bits per heavy atom. The van der Waals surface area contributed by atoms with Crippen molar-refractivity contribution >= 4 is 16.8 Å². The molecule has 144 valence electrons. The van der Waals surface area contributed by atoms with Crippen LogP contribution in [0.1, 0.15) is 49.4 Å². The minimum absolute atomic E-state index is 0.0423. The Morgan fingerprint density at radius 2 is 2.00 bits per heavy atom. The quantitative estimate of drug-likeness (QED) is 0.813. The summed E-state index contributed by atoms with van der Waals surface area (Å²) < 4.78 is 7.90. The fourth-order valence-electron chi connectivity index (χ4n) is 4.11. The van der Waals surface area contributed by atoms with Crippen LogP contribution in [0.2, 0.25) is 0 Å². The Bertz CT molecular complexity index is 900. The lowest BCUT2D eigenvalue weighted by molar-refractivity contribution is -0.0874. The lowest BCUT2D eigenvalue weighted by Gasteiger charge is -2.38. The average molecular weight is 368 g/mol. The van der Waals surface area contributed by atoms with Gasteiger partial charge in [0.25, 0.3) is 11.5 Å². The van der Waals surface area contributed by atoms with Crippen LogP contribution < -0.4 is 5.56 Å². The second-order valence-corrected chi connectivity index (χ2v) is 7.96. The molecule has 0 spiro atoms. The largest absolute Gasteiger partial charge is 0.371 e. The predicted molar refractivity (Wildman–Crippen MR) is 106 cm³/mol. The van der Waals surface area contributed by atoms with Gasteiger partial charge in [-0.15, -0.1) is 0 Å². The topological polar surface area (TPSA) is 51.5 Å². The standard InChI is InChI=1S/C22H28N2O3/c1-3-4-7-16-13-24(14-20(27-16)15-10-11-15)22(26)18-12-21(25)23(2)19-9-6-5-8-17(18)19/h5-6,8-9,12,15-16,20H,3-4,7,10-11,13-14H2,1-2H3/t16-,20-/m1/s1. The summed E-state index contributed by atoms with van der Waals surface area (Å²) in [6.07, 6.45) is 5.86. The molecule has 2 aliphatic rings. The van der Waals surface area contributed by atoms with Gasteiger partial charge in [-0.3, -0.25) is 9.59 Å². The molecule has 1 saturated carbocycles. The van der Waals surface area contributed by atoms with E-state index >= 15 is 0 Å². The smallest absolute Gasteiger partial charge is 0.254 e. The van der Waals surface area contributed by atoms with Crippen LogP contribution in [0.3, 0.4) is 0 Å². The maximum atomic E-state index is 13.4. The fraction of sp³-hybridized carbons (Fsp3) is 0.545. The van der Waals surface area contributed by atoms with Crippen molar-refractivity contribution in [3.8, 4) is 0 Å². The van der Waals surface area contributed by atoms with Gasteiger partial charge in [-0.1, -0.05) is 38.0 Å². The zero-order valence-electron chi connectivity index (χ0n) is 16.2. The van der Waals surface area contributed by atoms with Gasteiger partial charge in [0.2, 0.25) is 0 Å². The van der Waals surface area contributed by atoms with Crippen molar-refractivity contribution in [1.82, 2.24) is 9.47 Å². The highest BCUT2D eigenvalue weighted by Crippen LogP contribution is 2.37. The molecule has 2 atom stereocenters. The number of morpholine rings is 1. The van der Waals surface area contributed by atoms with Gasteiger partial charge in [-0.2, -0.15) is 0 Å². The van der Waals surface area contributed by atoms with E-state index in [1.807, 2.05) is 29.2 Å². The molecule has 0 bridgehead atoms. The number of benzene rings is 1. The third-order valence-electron chi connectivity index (χ3n) is 5.89. The van der Waals surface area contributed by atoms with Gasteiger partial charge in [0, 0.05) is 31.6 Å². The number of fused-ring (bicyclic) bond motifs is 1. The van der Waals surface area contributed by atoms with E-state index in [9.17, 15) is 9.59 Å². The maximum absolute atomic E-state index is 13.4. The Hall–Kier alpha value is -2.14. The number of pyridine rings is 1. The van der Waals surface area contributed by atoms with E-state index < -0.39 is 0 Å². The lowest BCUT2D eigenvalue weighted by Crippen LogP contribution is -2.51. The third kappa shape index (κ3) is 3.65. The van der Waals surface area contributed by atoms with Crippen LogP contribution in [0, 0.1) is 5.92 Å². The number of ether oxygens (including phenoxy) is 1. The fourth-order valence-corrected chi connectivity index (χ4v) is 4.11. The van der Waals surface area contributed by atoms with Gasteiger partial charge in [0.15, 0.2) is 0 Å².